The first-order valence-corrected chi connectivity index (χ1v) is 10.8. The number of nitrogens with one attached hydrogen (secondary N) is 3. The van der Waals surface area contributed by atoms with Gasteiger partial charge in [0.15, 0.2) is 11.3 Å². The first-order chi connectivity index (χ1) is 15.2. The number of rotatable bonds is 6. The zero-order valence-electron chi connectivity index (χ0n) is 16.4. The Morgan fingerprint density at radius 3 is 2.90 bits per heavy atom. The Labute approximate surface area is 180 Å². The third-order valence-corrected chi connectivity index (χ3v) is 5.89. The first-order valence-electron chi connectivity index (χ1n) is 9.97. The van der Waals surface area contributed by atoms with Crippen LogP contribution in [0.3, 0.4) is 0 Å². The fourth-order valence-electron chi connectivity index (χ4n) is 3.85. The summed E-state index contributed by atoms with van der Waals surface area (Å²) in [6.45, 7) is 0.135. The molecule has 3 N–H and O–H groups in total. The van der Waals surface area contributed by atoms with Crippen molar-refractivity contribution in [2.45, 2.75) is 38.1 Å². The van der Waals surface area contributed by atoms with Gasteiger partial charge in [-0.1, -0.05) is 24.2 Å². The zero-order valence-corrected chi connectivity index (χ0v) is 17.2. The average molecular weight is 438 g/mol. The van der Waals surface area contributed by atoms with E-state index in [1.165, 1.54) is 42.6 Å². The molecule has 0 unspecified atom stereocenters. The highest BCUT2D eigenvalue weighted by Crippen LogP contribution is 2.33. The number of hydrogen-bond donors (Lipinski definition) is 3. The van der Waals surface area contributed by atoms with Crippen molar-refractivity contribution < 1.29 is 9.18 Å². The van der Waals surface area contributed by atoms with Gasteiger partial charge in [-0.2, -0.15) is 0 Å². The lowest BCUT2D eigenvalue weighted by molar-refractivity contribution is 0.0947. The van der Waals surface area contributed by atoms with Gasteiger partial charge in [-0.05, 0) is 36.6 Å². The molecule has 11 heteroatoms. The van der Waals surface area contributed by atoms with Crippen LogP contribution in [-0.4, -0.2) is 36.0 Å². The minimum absolute atomic E-state index is 0.135. The lowest BCUT2D eigenvalue weighted by Crippen LogP contribution is -2.24. The van der Waals surface area contributed by atoms with E-state index in [2.05, 4.69) is 40.8 Å². The molecule has 31 heavy (non-hydrogen) atoms. The Morgan fingerprint density at radius 2 is 2.10 bits per heavy atom. The van der Waals surface area contributed by atoms with Crippen LogP contribution in [0.25, 0.3) is 11.2 Å². The second kappa shape index (κ2) is 8.34. The molecule has 0 radical (unpaired) electrons. The Balaban J connectivity index is 1.32. The number of amides is 1. The number of nitrogens with zero attached hydrogens (tertiary/aromatic N) is 5. The van der Waals surface area contributed by atoms with Gasteiger partial charge < -0.3 is 15.6 Å². The fourth-order valence-corrected chi connectivity index (χ4v) is 4.32. The smallest absolute Gasteiger partial charge is 0.272 e. The molecule has 4 aromatic rings. The van der Waals surface area contributed by atoms with E-state index in [1.807, 2.05) is 0 Å². The number of imidazole rings is 1. The molecular formula is C20H19FN8OS. The van der Waals surface area contributed by atoms with Crippen LogP contribution >= 0.6 is 11.3 Å². The van der Waals surface area contributed by atoms with Gasteiger partial charge in [-0.15, -0.1) is 10.2 Å². The van der Waals surface area contributed by atoms with E-state index in [1.54, 1.807) is 11.6 Å². The Kier molecular flexibility index (Phi) is 5.24. The molecule has 0 aliphatic heterocycles. The number of carbonyl (C=O) groups is 1. The molecule has 3 heterocycles. The van der Waals surface area contributed by atoms with Crippen LogP contribution in [0.5, 0.6) is 0 Å². The maximum atomic E-state index is 14.0. The van der Waals surface area contributed by atoms with Crippen LogP contribution in [0.4, 0.5) is 15.2 Å². The molecule has 0 bridgehead atoms. The molecule has 9 nitrogen and oxygen atoms in total. The number of carbonyl (C=O) groups excluding carboxylic acids is 1. The van der Waals surface area contributed by atoms with E-state index in [9.17, 15) is 9.18 Å². The van der Waals surface area contributed by atoms with Crippen molar-refractivity contribution in [2.75, 3.05) is 5.32 Å². The quantitative estimate of drug-likeness (QED) is 0.420. The second-order valence-corrected chi connectivity index (χ2v) is 8.26. The van der Waals surface area contributed by atoms with E-state index in [0.717, 1.165) is 18.7 Å². The number of aromatic amines is 1. The normalized spacial score (nSPS) is 14.2. The molecule has 0 atom stereocenters. The minimum atomic E-state index is -0.419. The summed E-state index contributed by atoms with van der Waals surface area (Å²) < 4.78 is 14.0. The van der Waals surface area contributed by atoms with Crippen LogP contribution in [0, 0.1) is 5.82 Å². The molecule has 1 aliphatic carbocycles. The molecule has 1 saturated carbocycles. The van der Waals surface area contributed by atoms with Gasteiger partial charge in [0, 0.05) is 18.2 Å². The maximum absolute atomic E-state index is 14.0. The monoisotopic (exact) mass is 438 g/mol. The Bertz CT molecular complexity index is 1220. The molecular weight excluding hydrogens is 419 g/mol. The molecule has 1 amide bonds. The van der Waals surface area contributed by atoms with E-state index >= 15 is 0 Å². The number of halogens is 1. The molecule has 5 rings (SSSR count). The van der Waals surface area contributed by atoms with Gasteiger partial charge in [-0.25, -0.2) is 19.3 Å². The van der Waals surface area contributed by atoms with Crippen LogP contribution in [0.2, 0.25) is 0 Å². The molecule has 0 spiro atoms. The van der Waals surface area contributed by atoms with E-state index < -0.39 is 5.82 Å². The van der Waals surface area contributed by atoms with Crippen LogP contribution < -0.4 is 10.6 Å². The Hall–Kier alpha value is -3.47. The number of H-pyrrole nitrogens is 1. The lowest BCUT2D eigenvalue weighted by atomic mass is 10.1. The number of benzene rings is 1. The second-order valence-electron chi connectivity index (χ2n) is 7.42. The minimum Gasteiger partial charge on any atom is -0.347 e. The molecule has 158 valence electrons. The summed E-state index contributed by atoms with van der Waals surface area (Å²) >= 11 is 1.31. The van der Waals surface area contributed by atoms with Gasteiger partial charge in [0.2, 0.25) is 5.13 Å². The number of anilines is 2. The first kappa shape index (κ1) is 19.5. The van der Waals surface area contributed by atoms with Crippen molar-refractivity contribution in [3.63, 3.8) is 0 Å². The van der Waals surface area contributed by atoms with Crippen LogP contribution in [-0.2, 0) is 6.54 Å². The summed E-state index contributed by atoms with van der Waals surface area (Å²) in [6, 6.07) is 4.47. The lowest BCUT2D eigenvalue weighted by Gasteiger charge is -2.08. The van der Waals surface area contributed by atoms with Crippen molar-refractivity contribution >= 4 is 39.2 Å². The predicted molar refractivity (Wildman–Crippen MR) is 114 cm³/mol. The molecule has 1 fully saturated rings. The third-order valence-electron chi connectivity index (χ3n) is 5.29. The number of aromatic nitrogens is 6. The molecule has 3 aromatic heterocycles. The SMILES string of the molecule is O=C(NCc1cc(F)cc(Nc2nncs2)c1)c1ncnc2nc(C3CCCC3)[nH]c12. The highest BCUT2D eigenvalue weighted by Gasteiger charge is 2.23. The van der Waals surface area contributed by atoms with Gasteiger partial charge in [0.1, 0.15) is 29.0 Å². The number of hydrogen-bond acceptors (Lipinski definition) is 8. The zero-order chi connectivity index (χ0) is 21.2. The summed E-state index contributed by atoms with van der Waals surface area (Å²) in [5.41, 5.74) is 3.95. The van der Waals surface area contributed by atoms with Gasteiger partial charge in [0.05, 0.1) is 0 Å². The molecule has 0 saturated heterocycles. The molecule has 1 aromatic carbocycles. The van der Waals surface area contributed by atoms with Crippen molar-refractivity contribution in [3.8, 4) is 0 Å². The van der Waals surface area contributed by atoms with Gasteiger partial charge in [-0.3, -0.25) is 4.79 Å². The standard InChI is InChI=1S/C20H19FN8OS/c21-13-5-11(6-14(7-13)26-20-29-25-10-31-20)8-22-19(30)16-15-18(24-9-23-16)28-17(27-15)12-3-1-2-4-12/h5-7,9-10,12H,1-4,8H2,(H,22,30)(H,26,29)(H,23,24,27,28). The summed E-state index contributed by atoms with van der Waals surface area (Å²) in [5.74, 6) is 0.436. The van der Waals surface area contributed by atoms with Crippen molar-refractivity contribution in [1.29, 1.82) is 0 Å². The van der Waals surface area contributed by atoms with Crippen LogP contribution in [0.1, 0.15) is 53.5 Å². The third kappa shape index (κ3) is 4.22. The summed E-state index contributed by atoms with van der Waals surface area (Å²) in [5, 5.41) is 14.0. The predicted octanol–water partition coefficient (Wildman–Crippen LogP) is 3.67. The fraction of sp³-hybridized carbons (Fsp3) is 0.300. The summed E-state index contributed by atoms with van der Waals surface area (Å²) in [7, 11) is 0. The van der Waals surface area contributed by atoms with Gasteiger partial charge >= 0.3 is 0 Å². The summed E-state index contributed by atoms with van der Waals surface area (Å²) in [4.78, 5) is 29.0. The molecule has 1 aliphatic rings. The van der Waals surface area contributed by atoms with Crippen molar-refractivity contribution in [2.24, 2.45) is 0 Å². The number of fused-ring (bicyclic) bond motifs is 1. The van der Waals surface area contributed by atoms with Crippen molar-refractivity contribution in [3.05, 3.63) is 52.9 Å². The maximum Gasteiger partial charge on any atom is 0.272 e. The van der Waals surface area contributed by atoms with E-state index in [0.29, 0.717) is 33.5 Å². The summed E-state index contributed by atoms with van der Waals surface area (Å²) in [6.07, 6.45) is 5.88. The average Bonchev–Trinajstić information content (AvgIpc) is 3.52. The Morgan fingerprint density at radius 1 is 1.23 bits per heavy atom. The largest absolute Gasteiger partial charge is 0.347 e. The van der Waals surface area contributed by atoms with E-state index in [4.69, 9.17) is 0 Å². The topological polar surface area (TPSA) is 121 Å². The van der Waals surface area contributed by atoms with E-state index in [-0.39, 0.29) is 18.1 Å². The van der Waals surface area contributed by atoms with Gasteiger partial charge in [0.25, 0.3) is 5.91 Å². The highest BCUT2D eigenvalue weighted by molar-refractivity contribution is 7.13. The van der Waals surface area contributed by atoms with Crippen LogP contribution in [0.15, 0.2) is 30.0 Å². The van der Waals surface area contributed by atoms with Crippen molar-refractivity contribution in [1.82, 2.24) is 35.5 Å². The highest BCUT2D eigenvalue weighted by atomic mass is 32.1.